The number of hydrogen-bond acceptors (Lipinski definition) is 6. The first kappa shape index (κ1) is 31.1. The van der Waals surface area contributed by atoms with Crippen molar-refractivity contribution in [2.45, 2.75) is 71.3 Å². The van der Waals surface area contributed by atoms with E-state index in [-0.39, 0.29) is 23.9 Å². The maximum atomic E-state index is 13.9. The number of likely N-dealkylation sites (tertiary alicyclic amines) is 1. The number of thiazole rings is 1. The van der Waals surface area contributed by atoms with E-state index in [9.17, 15) is 24.6 Å². The number of carbonyl (C=O) groups is 3. The van der Waals surface area contributed by atoms with Gasteiger partial charge in [0.25, 0.3) is 0 Å². The molecule has 0 bridgehead atoms. The molecular weight excluding hydrogens is 612 g/mol. The zero-order valence-corrected chi connectivity index (χ0v) is 27.5. The van der Waals surface area contributed by atoms with Crippen LogP contribution in [0.1, 0.15) is 77.5 Å². The Morgan fingerprint density at radius 2 is 1.66 bits per heavy atom. The Hall–Kier alpha value is -4.57. The summed E-state index contributed by atoms with van der Waals surface area (Å²) < 4.78 is 2.02. The quantitative estimate of drug-likeness (QED) is 0.185. The van der Waals surface area contributed by atoms with Gasteiger partial charge < -0.3 is 19.7 Å². The van der Waals surface area contributed by atoms with E-state index in [4.69, 9.17) is 4.98 Å². The fraction of sp³-hybridized carbons (Fsp3) is 0.378. The highest BCUT2D eigenvalue weighted by Crippen LogP contribution is 2.45. The summed E-state index contributed by atoms with van der Waals surface area (Å²) in [7, 11) is 0. The fourth-order valence-electron chi connectivity index (χ4n) is 7.57. The predicted octanol–water partition coefficient (Wildman–Crippen LogP) is 7.67. The third-order valence-electron chi connectivity index (χ3n) is 9.95. The third kappa shape index (κ3) is 5.91. The standard InChI is InChI=1S/C37H38N4O5S/c1-21-35(47-22(2)38-21)30-13-9-25-18-26(10-12-29(25)39-30)34-33(23-6-4-3-5-7-23)28-11-8-27(37(45)46)19-31(28)41(34)20-32(42)40-16-14-24(15-17-40)36(43)44/h8-13,18-19,23-24H,3-7,14-17,20H2,1-2H3,(H,43,44)(H,45,46). The van der Waals surface area contributed by atoms with E-state index in [1.54, 1.807) is 28.4 Å². The minimum absolute atomic E-state index is 0.0403. The van der Waals surface area contributed by atoms with Gasteiger partial charge in [-0.15, -0.1) is 11.3 Å². The van der Waals surface area contributed by atoms with Gasteiger partial charge in [-0.2, -0.15) is 0 Å². The molecule has 1 amide bonds. The molecule has 47 heavy (non-hydrogen) atoms. The lowest BCUT2D eigenvalue weighted by atomic mass is 9.81. The van der Waals surface area contributed by atoms with Crippen molar-refractivity contribution in [1.82, 2.24) is 19.4 Å². The summed E-state index contributed by atoms with van der Waals surface area (Å²) in [6, 6.07) is 15.6. The van der Waals surface area contributed by atoms with Gasteiger partial charge in [-0.1, -0.05) is 37.5 Å². The molecule has 242 valence electrons. The molecule has 7 rings (SSSR count). The van der Waals surface area contributed by atoms with Gasteiger partial charge in [-0.3, -0.25) is 9.59 Å². The Labute approximate surface area is 276 Å². The topological polar surface area (TPSA) is 126 Å². The van der Waals surface area contributed by atoms with Crippen molar-refractivity contribution >= 4 is 51.0 Å². The normalized spacial score (nSPS) is 16.3. The van der Waals surface area contributed by atoms with Crippen molar-refractivity contribution in [3.8, 4) is 21.8 Å². The number of amides is 1. The Balaban J connectivity index is 1.37. The van der Waals surface area contributed by atoms with Gasteiger partial charge >= 0.3 is 11.9 Å². The van der Waals surface area contributed by atoms with Crippen molar-refractivity contribution in [2.75, 3.05) is 13.1 Å². The number of aliphatic carboxylic acids is 1. The van der Waals surface area contributed by atoms with E-state index in [0.717, 1.165) is 80.0 Å². The molecule has 1 aliphatic heterocycles. The van der Waals surface area contributed by atoms with Crippen LogP contribution in [0.5, 0.6) is 0 Å². The van der Waals surface area contributed by atoms with Crippen LogP contribution in [0.25, 0.3) is 43.6 Å². The van der Waals surface area contributed by atoms with E-state index in [1.165, 1.54) is 12.0 Å². The zero-order chi connectivity index (χ0) is 32.8. The molecule has 0 spiro atoms. The van der Waals surface area contributed by atoms with Crippen LogP contribution in [-0.4, -0.2) is 60.6 Å². The molecular formula is C37H38N4O5S. The SMILES string of the molecule is Cc1nc(C)c(-c2ccc3cc(-c4c(C5CCCCC5)c5ccc(C(=O)O)cc5n4CC(=O)N4CCC(C(=O)O)CC4)ccc3n2)s1. The minimum atomic E-state index is -1.01. The van der Waals surface area contributed by atoms with Crippen molar-refractivity contribution < 1.29 is 24.6 Å². The molecule has 2 aliphatic rings. The second kappa shape index (κ2) is 12.6. The van der Waals surface area contributed by atoms with Gasteiger partial charge in [0.15, 0.2) is 0 Å². The molecule has 3 aromatic heterocycles. The zero-order valence-electron chi connectivity index (χ0n) is 26.7. The second-order valence-corrected chi connectivity index (χ2v) is 14.2. The van der Waals surface area contributed by atoms with Gasteiger partial charge in [0, 0.05) is 23.9 Å². The first-order chi connectivity index (χ1) is 22.7. The van der Waals surface area contributed by atoms with Gasteiger partial charge in [-0.05, 0) is 86.9 Å². The fourth-order valence-corrected chi connectivity index (χ4v) is 8.46. The largest absolute Gasteiger partial charge is 0.481 e. The summed E-state index contributed by atoms with van der Waals surface area (Å²) in [5.74, 6) is -2.07. The molecule has 9 nitrogen and oxygen atoms in total. The molecule has 0 atom stereocenters. The van der Waals surface area contributed by atoms with Gasteiger partial charge in [0.05, 0.1) is 49.5 Å². The van der Waals surface area contributed by atoms with Crippen LogP contribution in [0.3, 0.4) is 0 Å². The third-order valence-corrected chi connectivity index (χ3v) is 11.0. The molecule has 5 aromatic rings. The molecule has 4 heterocycles. The maximum Gasteiger partial charge on any atom is 0.335 e. The summed E-state index contributed by atoms with van der Waals surface area (Å²) in [5.41, 5.74) is 6.72. The Kier molecular flexibility index (Phi) is 8.30. The molecule has 1 saturated carbocycles. The van der Waals surface area contributed by atoms with E-state index in [1.807, 2.05) is 36.6 Å². The van der Waals surface area contributed by atoms with E-state index in [2.05, 4.69) is 23.2 Å². The van der Waals surface area contributed by atoms with Gasteiger partial charge in [-0.25, -0.2) is 14.8 Å². The Morgan fingerprint density at radius 3 is 2.34 bits per heavy atom. The predicted molar refractivity (Wildman–Crippen MR) is 183 cm³/mol. The number of pyridine rings is 1. The van der Waals surface area contributed by atoms with Crippen LogP contribution in [0.2, 0.25) is 0 Å². The number of fused-ring (bicyclic) bond motifs is 2. The van der Waals surface area contributed by atoms with Gasteiger partial charge in [0.2, 0.25) is 5.91 Å². The van der Waals surface area contributed by atoms with Crippen LogP contribution >= 0.6 is 11.3 Å². The highest BCUT2D eigenvalue weighted by Gasteiger charge is 2.31. The second-order valence-electron chi connectivity index (χ2n) is 13.0. The summed E-state index contributed by atoms with van der Waals surface area (Å²) in [6.07, 6.45) is 6.38. The van der Waals surface area contributed by atoms with Crippen LogP contribution < -0.4 is 0 Å². The van der Waals surface area contributed by atoms with Crippen LogP contribution in [0, 0.1) is 19.8 Å². The molecule has 2 fully saturated rings. The summed E-state index contributed by atoms with van der Waals surface area (Å²) in [5, 5.41) is 22.4. The first-order valence-electron chi connectivity index (χ1n) is 16.4. The number of rotatable bonds is 7. The van der Waals surface area contributed by atoms with Crippen LogP contribution in [0.4, 0.5) is 0 Å². The van der Waals surface area contributed by atoms with Crippen molar-refractivity contribution in [3.05, 3.63) is 70.4 Å². The lowest BCUT2D eigenvalue weighted by molar-refractivity contribution is -0.145. The van der Waals surface area contributed by atoms with Crippen LogP contribution in [0.15, 0.2) is 48.5 Å². The number of aromatic carboxylic acids is 1. The number of aromatic nitrogens is 3. The van der Waals surface area contributed by atoms with Crippen molar-refractivity contribution in [2.24, 2.45) is 5.92 Å². The molecule has 0 unspecified atom stereocenters. The number of carbonyl (C=O) groups excluding carboxylic acids is 1. The lowest BCUT2D eigenvalue weighted by Gasteiger charge is -2.30. The average Bonchev–Trinajstić information content (AvgIpc) is 3.59. The molecule has 2 N–H and O–H groups in total. The van der Waals surface area contributed by atoms with Crippen LogP contribution in [-0.2, 0) is 16.1 Å². The number of carboxylic acid groups (broad SMARTS) is 2. The average molecular weight is 651 g/mol. The number of benzene rings is 2. The highest BCUT2D eigenvalue weighted by molar-refractivity contribution is 7.15. The molecule has 10 heteroatoms. The smallest absolute Gasteiger partial charge is 0.335 e. The lowest BCUT2D eigenvalue weighted by Crippen LogP contribution is -2.41. The number of aryl methyl sites for hydroxylation is 2. The Bertz CT molecular complexity index is 2030. The highest BCUT2D eigenvalue weighted by atomic mass is 32.1. The number of nitrogens with zero attached hydrogens (tertiary/aromatic N) is 4. The molecule has 0 radical (unpaired) electrons. The summed E-state index contributed by atoms with van der Waals surface area (Å²) in [4.78, 5) is 50.0. The molecule has 1 saturated heterocycles. The Morgan fingerprint density at radius 1 is 0.894 bits per heavy atom. The maximum absolute atomic E-state index is 13.9. The van der Waals surface area contributed by atoms with Crippen molar-refractivity contribution in [1.29, 1.82) is 0 Å². The van der Waals surface area contributed by atoms with Gasteiger partial charge in [0.1, 0.15) is 6.54 Å². The molecule has 2 aromatic carbocycles. The number of carboxylic acids is 2. The van der Waals surface area contributed by atoms with Crippen molar-refractivity contribution in [3.63, 3.8) is 0 Å². The monoisotopic (exact) mass is 650 g/mol. The summed E-state index contributed by atoms with van der Waals surface area (Å²) >= 11 is 1.64. The van der Waals surface area contributed by atoms with E-state index in [0.29, 0.717) is 25.9 Å². The number of piperidine rings is 1. The van der Waals surface area contributed by atoms with E-state index < -0.39 is 17.9 Å². The van der Waals surface area contributed by atoms with E-state index >= 15 is 0 Å². The molecule has 1 aliphatic carbocycles. The first-order valence-corrected chi connectivity index (χ1v) is 17.2. The number of hydrogen-bond donors (Lipinski definition) is 2. The minimum Gasteiger partial charge on any atom is -0.481 e. The summed E-state index contributed by atoms with van der Waals surface area (Å²) in [6.45, 7) is 4.83.